The van der Waals surface area contributed by atoms with Gasteiger partial charge in [0, 0.05) is 12.5 Å². The Morgan fingerprint density at radius 2 is 1.79 bits per heavy atom. The van der Waals surface area contributed by atoms with Crippen LogP contribution in [-0.4, -0.2) is 20.5 Å². The SMILES string of the molecule is COCOCC(C)(C)c1ccccc1. The summed E-state index contributed by atoms with van der Waals surface area (Å²) >= 11 is 0. The van der Waals surface area contributed by atoms with Gasteiger partial charge in [-0.25, -0.2) is 0 Å². The van der Waals surface area contributed by atoms with E-state index in [9.17, 15) is 0 Å². The van der Waals surface area contributed by atoms with Gasteiger partial charge in [0.1, 0.15) is 6.79 Å². The molecule has 0 aromatic heterocycles. The predicted octanol–water partition coefficient (Wildman–Crippen LogP) is 2.58. The summed E-state index contributed by atoms with van der Waals surface area (Å²) in [6, 6.07) is 10.4. The van der Waals surface area contributed by atoms with Gasteiger partial charge in [-0.15, -0.1) is 0 Å². The molecule has 1 rings (SSSR count). The first-order chi connectivity index (χ1) is 6.67. The van der Waals surface area contributed by atoms with Gasteiger partial charge in [-0.05, 0) is 5.56 Å². The van der Waals surface area contributed by atoms with E-state index in [4.69, 9.17) is 9.47 Å². The Hall–Kier alpha value is -0.860. The first-order valence-electron chi connectivity index (χ1n) is 4.79. The number of benzene rings is 1. The molecule has 0 spiro atoms. The topological polar surface area (TPSA) is 18.5 Å². The molecule has 0 saturated carbocycles. The molecule has 0 aliphatic carbocycles. The zero-order valence-electron chi connectivity index (χ0n) is 9.12. The van der Waals surface area contributed by atoms with E-state index in [1.807, 2.05) is 18.2 Å². The summed E-state index contributed by atoms with van der Waals surface area (Å²) in [5.74, 6) is 0. The second kappa shape index (κ2) is 5.13. The van der Waals surface area contributed by atoms with Gasteiger partial charge in [0.2, 0.25) is 0 Å². The first kappa shape index (κ1) is 11.2. The Labute approximate surface area is 85.8 Å². The third-order valence-electron chi connectivity index (χ3n) is 2.22. The van der Waals surface area contributed by atoms with Crippen LogP contribution in [0.5, 0.6) is 0 Å². The van der Waals surface area contributed by atoms with E-state index in [0.717, 1.165) is 0 Å². The minimum absolute atomic E-state index is 0.0415. The van der Waals surface area contributed by atoms with Gasteiger partial charge in [-0.1, -0.05) is 44.2 Å². The lowest BCUT2D eigenvalue weighted by Crippen LogP contribution is -2.24. The summed E-state index contributed by atoms with van der Waals surface area (Å²) in [4.78, 5) is 0. The van der Waals surface area contributed by atoms with Crippen molar-refractivity contribution >= 4 is 0 Å². The molecule has 2 nitrogen and oxygen atoms in total. The molecule has 1 aromatic carbocycles. The summed E-state index contributed by atoms with van der Waals surface area (Å²) in [6.45, 7) is 5.36. The van der Waals surface area contributed by atoms with Crippen LogP contribution in [0.2, 0.25) is 0 Å². The number of ether oxygens (including phenoxy) is 2. The second-order valence-corrected chi connectivity index (χ2v) is 4.00. The van der Waals surface area contributed by atoms with E-state index in [1.54, 1.807) is 7.11 Å². The third kappa shape index (κ3) is 3.13. The number of methoxy groups -OCH3 is 1. The lowest BCUT2D eigenvalue weighted by atomic mass is 9.86. The molecule has 0 aliphatic heterocycles. The van der Waals surface area contributed by atoms with Gasteiger partial charge >= 0.3 is 0 Å². The minimum atomic E-state index is 0.0415. The Bertz CT molecular complexity index is 254. The van der Waals surface area contributed by atoms with Crippen molar-refractivity contribution in [1.82, 2.24) is 0 Å². The highest BCUT2D eigenvalue weighted by molar-refractivity contribution is 5.23. The largest absolute Gasteiger partial charge is 0.359 e. The quantitative estimate of drug-likeness (QED) is 0.530. The molecule has 0 radical (unpaired) electrons. The van der Waals surface area contributed by atoms with E-state index in [1.165, 1.54) is 5.56 Å². The van der Waals surface area contributed by atoms with Crippen LogP contribution >= 0.6 is 0 Å². The van der Waals surface area contributed by atoms with Gasteiger partial charge in [0.05, 0.1) is 6.61 Å². The van der Waals surface area contributed by atoms with Crippen LogP contribution in [0.25, 0.3) is 0 Å². The fraction of sp³-hybridized carbons (Fsp3) is 0.500. The van der Waals surface area contributed by atoms with Gasteiger partial charge < -0.3 is 9.47 Å². The van der Waals surface area contributed by atoms with Crippen molar-refractivity contribution in [2.75, 3.05) is 20.5 Å². The molecule has 14 heavy (non-hydrogen) atoms. The molecule has 0 aliphatic rings. The normalized spacial score (nSPS) is 11.6. The zero-order chi connectivity index (χ0) is 10.4. The number of rotatable bonds is 5. The molecule has 0 atom stereocenters. The Morgan fingerprint density at radius 3 is 2.36 bits per heavy atom. The maximum atomic E-state index is 5.38. The third-order valence-corrected chi connectivity index (χ3v) is 2.22. The Kier molecular flexibility index (Phi) is 4.11. The van der Waals surface area contributed by atoms with Crippen molar-refractivity contribution < 1.29 is 9.47 Å². The highest BCUT2D eigenvalue weighted by Gasteiger charge is 2.20. The predicted molar refractivity (Wildman–Crippen MR) is 57.3 cm³/mol. The van der Waals surface area contributed by atoms with Crippen LogP contribution < -0.4 is 0 Å². The summed E-state index contributed by atoms with van der Waals surface area (Å²) in [5.41, 5.74) is 1.33. The van der Waals surface area contributed by atoms with E-state index < -0.39 is 0 Å². The average Bonchev–Trinajstić information content (AvgIpc) is 2.19. The highest BCUT2D eigenvalue weighted by Crippen LogP contribution is 2.22. The van der Waals surface area contributed by atoms with Crippen molar-refractivity contribution in [1.29, 1.82) is 0 Å². The van der Waals surface area contributed by atoms with Crippen molar-refractivity contribution in [2.24, 2.45) is 0 Å². The summed E-state index contributed by atoms with van der Waals surface area (Å²) < 4.78 is 10.2. The van der Waals surface area contributed by atoms with Crippen LogP contribution in [0.15, 0.2) is 30.3 Å². The molecule has 0 saturated heterocycles. The average molecular weight is 194 g/mol. The van der Waals surface area contributed by atoms with E-state index >= 15 is 0 Å². The van der Waals surface area contributed by atoms with Crippen molar-refractivity contribution in [3.8, 4) is 0 Å². The van der Waals surface area contributed by atoms with Crippen LogP contribution in [0.3, 0.4) is 0 Å². The molecule has 0 unspecified atom stereocenters. The minimum Gasteiger partial charge on any atom is -0.359 e. The molecule has 0 fully saturated rings. The highest BCUT2D eigenvalue weighted by atomic mass is 16.7. The summed E-state index contributed by atoms with van der Waals surface area (Å²) in [6.07, 6.45) is 0. The molecular formula is C12H18O2. The van der Waals surface area contributed by atoms with Crippen LogP contribution in [0, 0.1) is 0 Å². The van der Waals surface area contributed by atoms with Crippen LogP contribution in [-0.2, 0) is 14.9 Å². The molecular weight excluding hydrogens is 176 g/mol. The Balaban J connectivity index is 2.56. The molecule has 1 aromatic rings. The van der Waals surface area contributed by atoms with Crippen molar-refractivity contribution in [2.45, 2.75) is 19.3 Å². The van der Waals surface area contributed by atoms with Crippen LogP contribution in [0.4, 0.5) is 0 Å². The van der Waals surface area contributed by atoms with Gasteiger partial charge in [-0.2, -0.15) is 0 Å². The standard InChI is InChI=1S/C12H18O2/c1-12(2,9-14-10-13-3)11-7-5-4-6-8-11/h4-8H,9-10H2,1-3H3. The van der Waals surface area contributed by atoms with Gasteiger partial charge in [-0.3, -0.25) is 0 Å². The monoisotopic (exact) mass is 194 g/mol. The molecule has 0 bridgehead atoms. The smallest absolute Gasteiger partial charge is 0.146 e. The molecule has 0 heterocycles. The Morgan fingerprint density at radius 1 is 1.14 bits per heavy atom. The number of hydrogen-bond acceptors (Lipinski definition) is 2. The van der Waals surface area contributed by atoms with Crippen molar-refractivity contribution in [3.05, 3.63) is 35.9 Å². The fourth-order valence-corrected chi connectivity index (χ4v) is 1.35. The fourth-order valence-electron chi connectivity index (χ4n) is 1.35. The van der Waals surface area contributed by atoms with E-state index in [-0.39, 0.29) is 5.41 Å². The zero-order valence-corrected chi connectivity index (χ0v) is 9.12. The van der Waals surface area contributed by atoms with E-state index in [0.29, 0.717) is 13.4 Å². The maximum absolute atomic E-state index is 5.38. The second-order valence-electron chi connectivity index (χ2n) is 4.00. The lowest BCUT2D eigenvalue weighted by Gasteiger charge is -2.24. The first-order valence-corrected chi connectivity index (χ1v) is 4.79. The van der Waals surface area contributed by atoms with Crippen molar-refractivity contribution in [3.63, 3.8) is 0 Å². The maximum Gasteiger partial charge on any atom is 0.146 e. The number of hydrogen-bond donors (Lipinski definition) is 0. The lowest BCUT2D eigenvalue weighted by molar-refractivity contribution is -0.0452. The molecule has 2 heteroatoms. The van der Waals surface area contributed by atoms with Crippen LogP contribution in [0.1, 0.15) is 19.4 Å². The van der Waals surface area contributed by atoms with Gasteiger partial charge in [0.15, 0.2) is 0 Å². The van der Waals surface area contributed by atoms with Gasteiger partial charge in [0.25, 0.3) is 0 Å². The molecule has 78 valence electrons. The molecule has 0 N–H and O–H groups in total. The molecule has 0 amide bonds. The summed E-state index contributed by atoms with van der Waals surface area (Å²) in [7, 11) is 1.63. The summed E-state index contributed by atoms with van der Waals surface area (Å²) in [5, 5.41) is 0. The van der Waals surface area contributed by atoms with E-state index in [2.05, 4.69) is 26.0 Å².